The Kier molecular flexibility index (Phi) is 5.15. The van der Waals surface area contributed by atoms with Crippen molar-refractivity contribution in [1.82, 2.24) is 15.3 Å². The van der Waals surface area contributed by atoms with E-state index in [2.05, 4.69) is 29.1 Å². The number of nitrogens with zero attached hydrogens (tertiary/aromatic N) is 2. The molecular weight excluding hydrogens is 174 g/mol. The van der Waals surface area contributed by atoms with E-state index in [1.807, 2.05) is 6.20 Å². The zero-order valence-electron chi connectivity index (χ0n) is 9.03. The number of hydrogen-bond acceptors (Lipinski definition) is 3. The molecule has 3 heteroatoms. The molecule has 1 heterocycles. The Morgan fingerprint density at radius 1 is 1.36 bits per heavy atom. The summed E-state index contributed by atoms with van der Waals surface area (Å²) in [5.41, 5.74) is 1.07. The summed E-state index contributed by atoms with van der Waals surface area (Å²) in [5, 5.41) is 3.50. The maximum atomic E-state index is 4.27. The Hall–Kier alpha value is -0.960. The summed E-state index contributed by atoms with van der Waals surface area (Å²) in [6, 6.07) is 0.534. The van der Waals surface area contributed by atoms with Crippen LogP contribution in [0, 0.1) is 0 Å². The zero-order chi connectivity index (χ0) is 10.2. The smallest absolute Gasteiger partial charge is 0.0602 e. The van der Waals surface area contributed by atoms with Crippen molar-refractivity contribution in [1.29, 1.82) is 0 Å². The first kappa shape index (κ1) is 11.1. The first-order valence-corrected chi connectivity index (χ1v) is 5.35. The summed E-state index contributed by atoms with van der Waals surface area (Å²) in [5.74, 6) is 0. The minimum atomic E-state index is 0.534. The minimum absolute atomic E-state index is 0.534. The summed E-state index contributed by atoms with van der Waals surface area (Å²) in [4.78, 5) is 8.33. The van der Waals surface area contributed by atoms with Gasteiger partial charge in [-0.3, -0.25) is 9.97 Å². The lowest BCUT2D eigenvalue weighted by atomic mass is 10.1. The van der Waals surface area contributed by atoms with Crippen LogP contribution in [0.3, 0.4) is 0 Å². The molecule has 1 atom stereocenters. The number of aromatic nitrogens is 2. The maximum absolute atomic E-state index is 4.27. The quantitative estimate of drug-likeness (QED) is 0.748. The van der Waals surface area contributed by atoms with Gasteiger partial charge in [-0.25, -0.2) is 0 Å². The third-order valence-electron chi connectivity index (χ3n) is 2.25. The van der Waals surface area contributed by atoms with Gasteiger partial charge in [0, 0.05) is 31.1 Å². The molecule has 0 fully saturated rings. The van der Waals surface area contributed by atoms with Crippen LogP contribution in [-0.2, 0) is 6.42 Å². The fourth-order valence-electron chi connectivity index (χ4n) is 1.40. The summed E-state index contributed by atoms with van der Waals surface area (Å²) in [6.07, 6.45) is 8.60. The van der Waals surface area contributed by atoms with Crippen molar-refractivity contribution in [2.75, 3.05) is 6.54 Å². The molecular formula is C11H19N3. The van der Waals surface area contributed by atoms with E-state index in [0.29, 0.717) is 6.04 Å². The highest BCUT2D eigenvalue weighted by Gasteiger charge is 2.06. The van der Waals surface area contributed by atoms with E-state index in [1.54, 1.807) is 12.4 Å². The monoisotopic (exact) mass is 193 g/mol. The van der Waals surface area contributed by atoms with Gasteiger partial charge in [-0.1, -0.05) is 13.8 Å². The van der Waals surface area contributed by atoms with Crippen molar-refractivity contribution in [2.45, 2.75) is 39.2 Å². The van der Waals surface area contributed by atoms with Crippen LogP contribution in [0.4, 0.5) is 0 Å². The molecule has 0 spiro atoms. The Labute approximate surface area is 86.0 Å². The Morgan fingerprint density at radius 3 is 2.79 bits per heavy atom. The molecule has 14 heavy (non-hydrogen) atoms. The molecule has 0 aromatic carbocycles. The molecule has 1 N–H and O–H groups in total. The van der Waals surface area contributed by atoms with Gasteiger partial charge >= 0.3 is 0 Å². The number of rotatable bonds is 6. The first-order chi connectivity index (χ1) is 6.86. The summed E-state index contributed by atoms with van der Waals surface area (Å²) in [7, 11) is 0. The molecule has 78 valence electrons. The third-order valence-corrected chi connectivity index (χ3v) is 2.25. The van der Waals surface area contributed by atoms with Crippen molar-refractivity contribution in [3.05, 3.63) is 24.3 Å². The van der Waals surface area contributed by atoms with Gasteiger partial charge in [0.2, 0.25) is 0 Å². The topological polar surface area (TPSA) is 37.8 Å². The van der Waals surface area contributed by atoms with Crippen molar-refractivity contribution in [3.63, 3.8) is 0 Å². The van der Waals surface area contributed by atoms with Crippen LogP contribution in [0.15, 0.2) is 18.6 Å². The second-order valence-electron chi connectivity index (χ2n) is 3.46. The fraction of sp³-hybridized carbons (Fsp3) is 0.636. The molecule has 0 saturated carbocycles. The molecule has 0 aliphatic carbocycles. The summed E-state index contributed by atoms with van der Waals surface area (Å²) >= 11 is 0. The molecule has 1 unspecified atom stereocenters. The summed E-state index contributed by atoms with van der Waals surface area (Å²) < 4.78 is 0. The summed E-state index contributed by atoms with van der Waals surface area (Å²) in [6.45, 7) is 5.46. The molecule has 0 radical (unpaired) electrons. The lowest BCUT2D eigenvalue weighted by Gasteiger charge is -2.15. The average Bonchev–Trinajstić information content (AvgIpc) is 2.25. The van der Waals surface area contributed by atoms with Gasteiger partial charge in [0.05, 0.1) is 5.69 Å². The lowest BCUT2D eigenvalue weighted by molar-refractivity contribution is 0.490. The van der Waals surface area contributed by atoms with Gasteiger partial charge in [-0.05, 0) is 19.4 Å². The molecule has 1 rings (SSSR count). The van der Waals surface area contributed by atoms with Gasteiger partial charge in [0.15, 0.2) is 0 Å². The Bertz CT molecular complexity index is 236. The second-order valence-corrected chi connectivity index (χ2v) is 3.46. The minimum Gasteiger partial charge on any atom is -0.314 e. The standard InChI is InChI=1S/C11H19N3/c1-3-5-13-10(4-2)8-11-9-12-6-7-14-11/h6-7,9-10,13H,3-5,8H2,1-2H3. The van der Waals surface area contributed by atoms with E-state index in [0.717, 1.165) is 25.1 Å². The number of nitrogens with one attached hydrogen (secondary N) is 1. The van der Waals surface area contributed by atoms with Crippen LogP contribution in [0.25, 0.3) is 0 Å². The predicted octanol–water partition coefficient (Wildman–Crippen LogP) is 1.80. The van der Waals surface area contributed by atoms with Crippen molar-refractivity contribution in [3.8, 4) is 0 Å². The van der Waals surface area contributed by atoms with Crippen molar-refractivity contribution in [2.24, 2.45) is 0 Å². The van der Waals surface area contributed by atoms with Gasteiger partial charge < -0.3 is 5.32 Å². The second kappa shape index (κ2) is 6.49. The Balaban J connectivity index is 2.40. The molecule has 1 aromatic rings. The van der Waals surface area contributed by atoms with Gasteiger partial charge in [-0.15, -0.1) is 0 Å². The lowest BCUT2D eigenvalue weighted by Crippen LogP contribution is -2.31. The van der Waals surface area contributed by atoms with E-state index < -0.39 is 0 Å². The zero-order valence-corrected chi connectivity index (χ0v) is 9.03. The molecule has 3 nitrogen and oxygen atoms in total. The van der Waals surface area contributed by atoms with Crippen LogP contribution in [0.5, 0.6) is 0 Å². The molecule has 0 bridgehead atoms. The van der Waals surface area contributed by atoms with E-state index in [1.165, 1.54) is 6.42 Å². The molecule has 1 aromatic heterocycles. The molecule has 0 aliphatic rings. The van der Waals surface area contributed by atoms with E-state index >= 15 is 0 Å². The van der Waals surface area contributed by atoms with Crippen molar-refractivity contribution >= 4 is 0 Å². The van der Waals surface area contributed by atoms with Gasteiger partial charge in [0.1, 0.15) is 0 Å². The highest BCUT2D eigenvalue weighted by atomic mass is 14.9. The largest absolute Gasteiger partial charge is 0.314 e. The SMILES string of the molecule is CCCNC(CC)Cc1cnccn1. The van der Waals surface area contributed by atoms with Crippen LogP contribution in [0.1, 0.15) is 32.4 Å². The Morgan fingerprint density at radius 2 is 2.21 bits per heavy atom. The van der Waals surface area contributed by atoms with Gasteiger partial charge in [-0.2, -0.15) is 0 Å². The molecule has 0 aliphatic heterocycles. The molecule has 0 saturated heterocycles. The van der Waals surface area contributed by atoms with Crippen LogP contribution in [0.2, 0.25) is 0 Å². The van der Waals surface area contributed by atoms with Crippen LogP contribution in [-0.4, -0.2) is 22.6 Å². The third kappa shape index (κ3) is 3.83. The fourth-order valence-corrected chi connectivity index (χ4v) is 1.40. The first-order valence-electron chi connectivity index (χ1n) is 5.35. The predicted molar refractivity (Wildman–Crippen MR) is 58.1 cm³/mol. The van der Waals surface area contributed by atoms with E-state index in [-0.39, 0.29) is 0 Å². The number of hydrogen-bond donors (Lipinski definition) is 1. The average molecular weight is 193 g/mol. The highest BCUT2D eigenvalue weighted by Crippen LogP contribution is 2.01. The van der Waals surface area contributed by atoms with Crippen molar-refractivity contribution < 1.29 is 0 Å². The van der Waals surface area contributed by atoms with E-state index in [4.69, 9.17) is 0 Å². The van der Waals surface area contributed by atoms with Crippen LogP contribution < -0.4 is 5.32 Å². The normalized spacial score (nSPS) is 12.7. The van der Waals surface area contributed by atoms with E-state index in [9.17, 15) is 0 Å². The van der Waals surface area contributed by atoms with Crippen LogP contribution >= 0.6 is 0 Å². The highest BCUT2D eigenvalue weighted by molar-refractivity contribution is 4.97. The molecule has 0 amide bonds. The maximum Gasteiger partial charge on any atom is 0.0602 e. The van der Waals surface area contributed by atoms with Gasteiger partial charge in [0.25, 0.3) is 0 Å².